The number of oxazole rings is 1. The van der Waals surface area contributed by atoms with Crippen molar-refractivity contribution in [1.82, 2.24) is 0 Å². The third-order valence-electron chi connectivity index (χ3n) is 4.60. The lowest BCUT2D eigenvalue weighted by atomic mass is 10.1. The Bertz CT molecular complexity index is 1100. The number of para-hydroxylation sites is 2. The number of aryl methyl sites for hydroxylation is 1. The Morgan fingerprint density at radius 3 is 2.70 bits per heavy atom. The average molecular weight is 377 g/mol. The highest BCUT2D eigenvalue weighted by molar-refractivity contribution is 7.13. The fourth-order valence-corrected chi connectivity index (χ4v) is 3.81. The third-order valence-corrected chi connectivity index (χ3v) is 5.52. The molecule has 0 N–H and O–H groups in total. The van der Waals surface area contributed by atoms with Crippen LogP contribution in [0.4, 0.5) is 5.69 Å². The Kier molecular flexibility index (Phi) is 4.69. The highest BCUT2D eigenvalue weighted by atomic mass is 32.1. The zero-order valence-corrected chi connectivity index (χ0v) is 16.4. The van der Waals surface area contributed by atoms with Gasteiger partial charge in [0, 0.05) is 23.7 Å². The maximum Gasteiger partial charge on any atom is 0.379 e. The first-order chi connectivity index (χ1) is 13.2. The summed E-state index contributed by atoms with van der Waals surface area (Å²) < 4.78 is 13.7. The Labute approximate surface area is 162 Å². The summed E-state index contributed by atoms with van der Waals surface area (Å²) in [6.45, 7) is 0. The van der Waals surface area contributed by atoms with Gasteiger partial charge in [-0.3, -0.25) is 0 Å². The fourth-order valence-electron chi connectivity index (χ4n) is 3.08. The van der Waals surface area contributed by atoms with Crippen LogP contribution < -0.4 is 9.47 Å². The quantitative estimate of drug-likeness (QED) is 0.359. The smallest absolute Gasteiger partial charge is 0.379 e. The molecule has 4 aromatic rings. The molecule has 0 aliphatic heterocycles. The van der Waals surface area contributed by atoms with E-state index in [-0.39, 0.29) is 0 Å². The van der Waals surface area contributed by atoms with E-state index in [0.29, 0.717) is 5.88 Å². The number of rotatable bonds is 5. The zero-order valence-electron chi connectivity index (χ0n) is 15.5. The molecule has 5 heteroatoms. The van der Waals surface area contributed by atoms with E-state index < -0.39 is 0 Å². The Hall–Kier alpha value is -3.05. The van der Waals surface area contributed by atoms with Gasteiger partial charge in [0.2, 0.25) is 11.5 Å². The minimum Gasteiger partial charge on any atom is -0.482 e. The Morgan fingerprint density at radius 2 is 1.96 bits per heavy atom. The lowest BCUT2D eigenvalue weighted by Crippen LogP contribution is -2.30. The van der Waals surface area contributed by atoms with Crippen molar-refractivity contribution in [3.63, 3.8) is 0 Å². The van der Waals surface area contributed by atoms with E-state index in [2.05, 4.69) is 41.8 Å². The van der Waals surface area contributed by atoms with Gasteiger partial charge in [0.15, 0.2) is 0 Å². The normalized spacial score (nSPS) is 11.7. The van der Waals surface area contributed by atoms with Crippen LogP contribution in [-0.4, -0.2) is 14.2 Å². The number of methoxy groups -OCH3 is 1. The molecule has 0 saturated heterocycles. The van der Waals surface area contributed by atoms with Gasteiger partial charge in [0.25, 0.3) is 5.52 Å². The number of anilines is 1. The van der Waals surface area contributed by atoms with Crippen LogP contribution in [0.25, 0.3) is 27.6 Å². The predicted octanol–water partition coefficient (Wildman–Crippen LogP) is 5.07. The molecule has 0 spiro atoms. The standard InChI is InChI=1S/C22H21N2O2S/c1-23(17-9-6-8-16(14-17)20-12-7-13-27-20)21(25-3)15-22-24(2)18-10-4-5-11-19(18)26-22/h4-15H,1-3H3/q+1. The summed E-state index contributed by atoms with van der Waals surface area (Å²) >= 11 is 1.73. The van der Waals surface area contributed by atoms with Gasteiger partial charge in [0.1, 0.15) is 13.1 Å². The van der Waals surface area contributed by atoms with Crippen LogP contribution in [0.15, 0.2) is 76.3 Å². The monoisotopic (exact) mass is 377 g/mol. The molecule has 0 fully saturated rings. The molecule has 27 heavy (non-hydrogen) atoms. The van der Waals surface area contributed by atoms with Crippen LogP contribution in [-0.2, 0) is 11.8 Å². The van der Waals surface area contributed by atoms with Crippen molar-refractivity contribution >= 4 is 34.2 Å². The predicted molar refractivity (Wildman–Crippen MR) is 111 cm³/mol. The lowest BCUT2D eigenvalue weighted by Gasteiger charge is -2.21. The van der Waals surface area contributed by atoms with Crippen molar-refractivity contribution in [2.45, 2.75) is 0 Å². The molecule has 136 valence electrons. The van der Waals surface area contributed by atoms with E-state index in [1.54, 1.807) is 18.4 Å². The molecule has 4 nitrogen and oxygen atoms in total. The van der Waals surface area contributed by atoms with Crippen molar-refractivity contribution in [2.75, 3.05) is 19.1 Å². The highest BCUT2D eigenvalue weighted by Gasteiger charge is 2.19. The second kappa shape index (κ2) is 7.29. The third kappa shape index (κ3) is 3.34. The second-order valence-electron chi connectivity index (χ2n) is 6.24. The maximum atomic E-state index is 5.98. The maximum absolute atomic E-state index is 5.98. The number of hydrogen-bond donors (Lipinski definition) is 0. The topological polar surface area (TPSA) is 29.5 Å². The van der Waals surface area contributed by atoms with Crippen LogP contribution >= 0.6 is 11.3 Å². The van der Waals surface area contributed by atoms with Crippen LogP contribution in [0.1, 0.15) is 5.89 Å². The first kappa shape index (κ1) is 17.4. The summed E-state index contributed by atoms with van der Waals surface area (Å²) in [7, 11) is 5.65. The van der Waals surface area contributed by atoms with Gasteiger partial charge in [-0.15, -0.1) is 11.3 Å². The minimum atomic E-state index is 0.702. The van der Waals surface area contributed by atoms with Crippen molar-refractivity contribution in [2.24, 2.45) is 7.05 Å². The summed E-state index contributed by atoms with van der Waals surface area (Å²) in [4.78, 5) is 3.27. The van der Waals surface area contributed by atoms with Crippen molar-refractivity contribution in [3.05, 3.63) is 77.8 Å². The van der Waals surface area contributed by atoms with Gasteiger partial charge in [-0.25, -0.2) is 0 Å². The minimum absolute atomic E-state index is 0.702. The first-order valence-electron chi connectivity index (χ1n) is 8.68. The Balaban J connectivity index is 1.70. The van der Waals surface area contributed by atoms with Crippen molar-refractivity contribution in [3.8, 4) is 10.4 Å². The molecule has 0 bridgehead atoms. The number of aromatic nitrogens is 1. The number of fused-ring (bicyclic) bond motifs is 1. The summed E-state index contributed by atoms with van der Waals surface area (Å²) in [5.74, 6) is 1.43. The molecule has 0 amide bonds. The van der Waals surface area contributed by atoms with E-state index in [1.165, 1.54) is 10.4 Å². The molecule has 2 aromatic heterocycles. The van der Waals surface area contributed by atoms with Crippen LogP contribution in [0.3, 0.4) is 0 Å². The van der Waals surface area contributed by atoms with Gasteiger partial charge in [-0.1, -0.05) is 30.3 Å². The molecule has 4 rings (SSSR count). The van der Waals surface area contributed by atoms with E-state index in [9.17, 15) is 0 Å². The van der Waals surface area contributed by atoms with Gasteiger partial charge < -0.3 is 14.1 Å². The number of nitrogens with zero attached hydrogens (tertiary/aromatic N) is 2. The lowest BCUT2D eigenvalue weighted by molar-refractivity contribution is -0.652. The van der Waals surface area contributed by atoms with Crippen LogP contribution in [0, 0.1) is 0 Å². The summed E-state index contributed by atoms with van der Waals surface area (Å²) in [5.41, 5.74) is 4.14. The molecule has 0 unspecified atom stereocenters. The fraction of sp³-hybridized carbons (Fsp3) is 0.136. The van der Waals surface area contributed by atoms with Gasteiger partial charge in [0.05, 0.1) is 7.11 Å². The van der Waals surface area contributed by atoms with Crippen molar-refractivity contribution < 1.29 is 13.7 Å². The molecular weight excluding hydrogens is 356 g/mol. The number of ether oxygens (including phenoxy) is 1. The van der Waals surface area contributed by atoms with E-state index >= 15 is 0 Å². The average Bonchev–Trinajstić information content (AvgIpc) is 3.35. The van der Waals surface area contributed by atoms with E-state index in [4.69, 9.17) is 9.15 Å². The molecular formula is C22H21N2O2S+. The molecule has 0 aliphatic rings. The zero-order chi connectivity index (χ0) is 18.8. The number of thiophene rings is 1. The summed E-state index contributed by atoms with van der Waals surface area (Å²) in [6, 6.07) is 20.6. The number of hydrogen-bond acceptors (Lipinski definition) is 4. The Morgan fingerprint density at radius 1 is 1.11 bits per heavy atom. The van der Waals surface area contributed by atoms with Gasteiger partial charge in [-0.05, 0) is 35.2 Å². The summed E-state index contributed by atoms with van der Waals surface area (Å²) in [5, 5.41) is 2.09. The molecule has 2 heterocycles. The van der Waals surface area contributed by atoms with E-state index in [1.807, 2.05) is 53.9 Å². The summed E-state index contributed by atoms with van der Waals surface area (Å²) in [6.07, 6.45) is 1.91. The largest absolute Gasteiger partial charge is 0.482 e. The highest BCUT2D eigenvalue weighted by Crippen LogP contribution is 2.29. The van der Waals surface area contributed by atoms with Crippen molar-refractivity contribution in [1.29, 1.82) is 0 Å². The van der Waals surface area contributed by atoms with Crippen LogP contribution in [0.2, 0.25) is 0 Å². The van der Waals surface area contributed by atoms with Crippen LogP contribution in [0.5, 0.6) is 0 Å². The first-order valence-corrected chi connectivity index (χ1v) is 9.56. The second-order valence-corrected chi connectivity index (χ2v) is 7.19. The molecule has 0 radical (unpaired) electrons. The van der Waals surface area contributed by atoms with Gasteiger partial charge in [-0.2, -0.15) is 4.57 Å². The number of benzene rings is 2. The van der Waals surface area contributed by atoms with Gasteiger partial charge >= 0.3 is 5.89 Å². The molecule has 2 aromatic carbocycles. The molecule has 0 atom stereocenters. The molecule has 0 saturated carbocycles. The SMILES string of the molecule is COC(=Cc1oc2ccccc2[n+]1C)N(C)c1cccc(-c2cccs2)c1. The van der Waals surface area contributed by atoms with E-state index in [0.717, 1.165) is 22.7 Å². The molecule has 0 aliphatic carbocycles.